The molecule has 1 aromatic heterocycles. The van der Waals surface area contributed by atoms with E-state index < -0.39 is 5.97 Å². The zero-order valence-electron chi connectivity index (χ0n) is 12.8. The van der Waals surface area contributed by atoms with Crippen molar-refractivity contribution < 1.29 is 14.7 Å². The van der Waals surface area contributed by atoms with Gasteiger partial charge >= 0.3 is 5.97 Å². The Balaban J connectivity index is 2.96. The number of carboxylic acid groups (broad SMARTS) is 1. The number of hydrogen-bond acceptors (Lipinski definition) is 2. The third-order valence-corrected chi connectivity index (χ3v) is 3.53. The second-order valence-corrected chi connectivity index (χ2v) is 5.07. The van der Waals surface area contributed by atoms with E-state index in [9.17, 15) is 14.7 Å². The summed E-state index contributed by atoms with van der Waals surface area (Å²) < 4.78 is 1.85. The van der Waals surface area contributed by atoms with Gasteiger partial charge in [-0.15, -0.1) is 0 Å². The van der Waals surface area contributed by atoms with Crippen molar-refractivity contribution in [1.82, 2.24) is 9.47 Å². The number of rotatable bonds is 7. The van der Waals surface area contributed by atoms with Gasteiger partial charge in [-0.1, -0.05) is 13.3 Å². The minimum atomic E-state index is -0.964. The third kappa shape index (κ3) is 3.62. The van der Waals surface area contributed by atoms with Gasteiger partial charge in [0.25, 0.3) is 0 Å². The number of carbonyl (C=O) groups excluding carboxylic acids is 1. The zero-order chi connectivity index (χ0) is 15.3. The molecule has 0 aliphatic rings. The lowest BCUT2D eigenvalue weighted by Crippen LogP contribution is -2.30. The van der Waals surface area contributed by atoms with Crippen molar-refractivity contribution >= 4 is 11.9 Å². The van der Waals surface area contributed by atoms with E-state index >= 15 is 0 Å². The molecule has 1 N–H and O–H groups in total. The van der Waals surface area contributed by atoms with E-state index in [0.717, 1.165) is 12.8 Å². The number of aromatic nitrogens is 1. The average Bonchev–Trinajstić information content (AvgIpc) is 2.71. The van der Waals surface area contributed by atoms with Crippen molar-refractivity contribution in [2.24, 2.45) is 0 Å². The van der Waals surface area contributed by atoms with Gasteiger partial charge in [0, 0.05) is 32.0 Å². The molecule has 0 unspecified atom stereocenters. The van der Waals surface area contributed by atoms with E-state index in [1.165, 1.54) is 0 Å². The van der Waals surface area contributed by atoms with E-state index in [1.807, 2.05) is 11.5 Å². The van der Waals surface area contributed by atoms with Gasteiger partial charge in [-0.25, -0.2) is 4.79 Å². The molecule has 0 fully saturated rings. The molecule has 0 atom stereocenters. The fourth-order valence-corrected chi connectivity index (χ4v) is 2.31. The molecular formula is C15H24N2O3. The van der Waals surface area contributed by atoms with E-state index in [4.69, 9.17) is 0 Å². The van der Waals surface area contributed by atoms with Gasteiger partial charge in [-0.05, 0) is 25.8 Å². The van der Waals surface area contributed by atoms with Crippen LogP contribution in [0, 0.1) is 6.92 Å². The number of carbonyl (C=O) groups is 2. The number of hydrogen-bond donors (Lipinski definition) is 1. The fourth-order valence-electron chi connectivity index (χ4n) is 2.31. The maximum atomic E-state index is 12.2. The highest BCUT2D eigenvalue weighted by molar-refractivity contribution is 5.93. The Kier molecular flexibility index (Phi) is 5.80. The van der Waals surface area contributed by atoms with Gasteiger partial charge in [0.05, 0.1) is 12.0 Å². The van der Waals surface area contributed by atoms with Gasteiger partial charge in [-0.3, -0.25) is 4.79 Å². The summed E-state index contributed by atoms with van der Waals surface area (Å²) in [4.78, 5) is 25.2. The number of likely N-dealkylation sites (N-methyl/N-ethyl adjacent to an activating group) is 1. The maximum Gasteiger partial charge on any atom is 0.337 e. The average molecular weight is 280 g/mol. The molecule has 0 radical (unpaired) electrons. The Morgan fingerprint density at radius 1 is 1.35 bits per heavy atom. The normalized spacial score (nSPS) is 10.6. The molecule has 5 nitrogen and oxygen atoms in total. The minimum absolute atomic E-state index is 0.0336. The molecule has 0 aromatic carbocycles. The standard InChI is InChI=1S/C15H24N2O3/c1-5-7-8-16(4)13(18)9-12-14(15(19)20)11(3)10-17(12)6-2/h10H,5-9H2,1-4H3,(H,19,20). The first-order valence-electron chi connectivity index (χ1n) is 7.08. The molecule has 20 heavy (non-hydrogen) atoms. The number of amides is 1. The smallest absolute Gasteiger partial charge is 0.337 e. The van der Waals surface area contributed by atoms with Crippen molar-refractivity contribution in [3.8, 4) is 0 Å². The Hall–Kier alpha value is -1.78. The lowest BCUT2D eigenvalue weighted by atomic mass is 10.1. The van der Waals surface area contributed by atoms with Crippen molar-refractivity contribution in [1.29, 1.82) is 0 Å². The lowest BCUT2D eigenvalue weighted by molar-refractivity contribution is -0.129. The van der Waals surface area contributed by atoms with Crippen molar-refractivity contribution in [2.75, 3.05) is 13.6 Å². The molecule has 0 saturated heterocycles. The molecule has 1 rings (SSSR count). The highest BCUT2D eigenvalue weighted by Gasteiger charge is 2.21. The molecule has 1 amide bonds. The minimum Gasteiger partial charge on any atom is -0.478 e. The number of unbranched alkanes of at least 4 members (excludes halogenated alkanes) is 1. The number of carboxylic acids is 1. The second kappa shape index (κ2) is 7.12. The van der Waals surface area contributed by atoms with Crippen molar-refractivity contribution in [3.63, 3.8) is 0 Å². The predicted octanol–water partition coefficient (Wildman–Crippen LogP) is 2.32. The molecule has 1 heterocycles. The highest BCUT2D eigenvalue weighted by atomic mass is 16.4. The Morgan fingerprint density at radius 3 is 2.50 bits per heavy atom. The fraction of sp³-hybridized carbons (Fsp3) is 0.600. The Bertz CT molecular complexity index is 492. The first-order valence-corrected chi connectivity index (χ1v) is 7.08. The Labute approximate surface area is 120 Å². The Morgan fingerprint density at radius 2 is 2.00 bits per heavy atom. The summed E-state index contributed by atoms with van der Waals surface area (Å²) in [6.07, 6.45) is 3.94. The van der Waals surface area contributed by atoms with Crippen LogP contribution in [0.15, 0.2) is 6.20 Å². The highest BCUT2D eigenvalue weighted by Crippen LogP contribution is 2.18. The largest absolute Gasteiger partial charge is 0.478 e. The molecule has 5 heteroatoms. The summed E-state index contributed by atoms with van der Waals surface area (Å²) in [6, 6.07) is 0. The SMILES string of the molecule is CCCCN(C)C(=O)Cc1c(C(=O)O)c(C)cn1CC. The summed E-state index contributed by atoms with van der Waals surface area (Å²) in [7, 11) is 1.77. The topological polar surface area (TPSA) is 62.5 Å². The van der Waals surface area contributed by atoms with Crippen LogP contribution in [-0.2, 0) is 17.8 Å². The van der Waals surface area contributed by atoms with Crippen LogP contribution in [0.2, 0.25) is 0 Å². The van der Waals surface area contributed by atoms with Crippen LogP contribution in [-0.4, -0.2) is 40.0 Å². The summed E-state index contributed by atoms with van der Waals surface area (Å²) in [5.41, 5.74) is 1.58. The van der Waals surface area contributed by atoms with Crippen molar-refractivity contribution in [3.05, 3.63) is 23.0 Å². The number of aryl methyl sites for hydroxylation is 2. The predicted molar refractivity (Wildman–Crippen MR) is 78.1 cm³/mol. The summed E-state index contributed by atoms with van der Waals surface area (Å²) in [5, 5.41) is 9.31. The van der Waals surface area contributed by atoms with Gasteiger partial charge in [-0.2, -0.15) is 0 Å². The lowest BCUT2D eigenvalue weighted by Gasteiger charge is -2.17. The third-order valence-electron chi connectivity index (χ3n) is 3.53. The van der Waals surface area contributed by atoms with Crippen LogP contribution in [0.5, 0.6) is 0 Å². The van der Waals surface area contributed by atoms with Crippen LogP contribution in [0.3, 0.4) is 0 Å². The quantitative estimate of drug-likeness (QED) is 0.833. The van der Waals surface area contributed by atoms with E-state index in [2.05, 4.69) is 6.92 Å². The van der Waals surface area contributed by atoms with Gasteiger partial charge in [0.15, 0.2) is 0 Å². The van der Waals surface area contributed by atoms with Gasteiger partial charge < -0.3 is 14.6 Å². The van der Waals surface area contributed by atoms with Gasteiger partial charge in [0.2, 0.25) is 5.91 Å². The monoisotopic (exact) mass is 280 g/mol. The molecule has 112 valence electrons. The zero-order valence-corrected chi connectivity index (χ0v) is 12.8. The molecule has 0 bridgehead atoms. The number of nitrogens with zero attached hydrogens (tertiary/aromatic N) is 2. The van der Waals surface area contributed by atoms with Crippen LogP contribution in [0.4, 0.5) is 0 Å². The molecular weight excluding hydrogens is 256 g/mol. The molecule has 0 aliphatic heterocycles. The second-order valence-electron chi connectivity index (χ2n) is 5.07. The maximum absolute atomic E-state index is 12.2. The number of aromatic carboxylic acids is 1. The van der Waals surface area contributed by atoms with E-state index in [1.54, 1.807) is 25.1 Å². The molecule has 0 aliphatic carbocycles. The summed E-state index contributed by atoms with van der Waals surface area (Å²) in [6.45, 7) is 7.16. The van der Waals surface area contributed by atoms with Crippen LogP contribution >= 0.6 is 0 Å². The molecule has 0 saturated carbocycles. The van der Waals surface area contributed by atoms with Crippen LogP contribution in [0.1, 0.15) is 48.3 Å². The van der Waals surface area contributed by atoms with E-state index in [0.29, 0.717) is 24.3 Å². The van der Waals surface area contributed by atoms with Gasteiger partial charge in [0.1, 0.15) is 0 Å². The first-order chi connectivity index (χ1) is 9.42. The van der Waals surface area contributed by atoms with E-state index in [-0.39, 0.29) is 17.9 Å². The summed E-state index contributed by atoms with van der Waals surface area (Å²) in [5.74, 6) is -0.998. The summed E-state index contributed by atoms with van der Waals surface area (Å²) >= 11 is 0. The molecule has 1 aromatic rings. The van der Waals surface area contributed by atoms with Crippen LogP contribution in [0.25, 0.3) is 0 Å². The van der Waals surface area contributed by atoms with Crippen LogP contribution < -0.4 is 0 Å². The van der Waals surface area contributed by atoms with Crippen molar-refractivity contribution in [2.45, 2.75) is 46.6 Å². The first kappa shape index (κ1) is 16.3. The molecule has 0 spiro atoms.